The first kappa shape index (κ1) is 23.6. The quantitative estimate of drug-likeness (QED) is 0.587. The highest BCUT2D eigenvalue weighted by Crippen LogP contribution is 2.70. The lowest BCUT2D eigenvalue weighted by atomic mass is 9.52. The Labute approximate surface area is 205 Å². The molecule has 0 radical (unpaired) electrons. The van der Waals surface area contributed by atoms with Gasteiger partial charge >= 0.3 is 0 Å². The average molecular weight is 521 g/mol. The molecule has 0 amide bonds. The van der Waals surface area contributed by atoms with Crippen LogP contribution < -0.4 is 9.47 Å². The van der Waals surface area contributed by atoms with E-state index in [-0.39, 0.29) is 0 Å². The Balaban J connectivity index is 2.07. The van der Waals surface area contributed by atoms with Crippen LogP contribution in [0.2, 0.25) is 0 Å². The van der Waals surface area contributed by atoms with Gasteiger partial charge in [0.05, 0.1) is 37.8 Å². The Bertz CT molecular complexity index is 1280. The van der Waals surface area contributed by atoms with E-state index in [9.17, 15) is 15.8 Å². The molecule has 2 aliphatic heterocycles. The molecule has 9 heteroatoms. The van der Waals surface area contributed by atoms with Crippen LogP contribution in [0, 0.1) is 50.2 Å². The van der Waals surface area contributed by atoms with E-state index in [1.807, 2.05) is 6.92 Å². The fourth-order valence-corrected chi connectivity index (χ4v) is 5.52. The van der Waals surface area contributed by atoms with Gasteiger partial charge in [-0.3, -0.25) is 5.41 Å². The summed E-state index contributed by atoms with van der Waals surface area (Å²) in [6.45, 7) is 3.76. The largest absolute Gasteiger partial charge is 0.496 e. The smallest absolute Gasteiger partial charge is 0.219 e. The molecule has 4 unspecified atom stereocenters. The molecule has 1 N–H and O–H groups in total. The van der Waals surface area contributed by atoms with Crippen molar-refractivity contribution in [1.29, 1.82) is 21.2 Å². The van der Waals surface area contributed by atoms with Gasteiger partial charge in [0.1, 0.15) is 17.6 Å². The highest BCUT2D eigenvalue weighted by atomic mass is 79.9. The maximum Gasteiger partial charge on any atom is 0.219 e. The molecular formula is C25H21BrN4O4. The highest BCUT2D eigenvalue weighted by molar-refractivity contribution is 9.10. The van der Waals surface area contributed by atoms with Gasteiger partial charge in [-0.2, -0.15) is 15.8 Å². The Morgan fingerprint density at radius 2 is 1.76 bits per heavy atom. The lowest BCUT2D eigenvalue weighted by Crippen LogP contribution is -2.57. The molecule has 2 bridgehead atoms. The van der Waals surface area contributed by atoms with Gasteiger partial charge < -0.3 is 18.9 Å². The van der Waals surface area contributed by atoms with E-state index in [1.54, 1.807) is 49.4 Å². The second-order valence-electron chi connectivity index (χ2n) is 8.19. The molecule has 34 heavy (non-hydrogen) atoms. The second-order valence-corrected chi connectivity index (χ2v) is 9.10. The van der Waals surface area contributed by atoms with Crippen LogP contribution >= 0.6 is 15.9 Å². The van der Waals surface area contributed by atoms with E-state index >= 15 is 0 Å². The third-order valence-corrected chi connectivity index (χ3v) is 7.01. The van der Waals surface area contributed by atoms with Crippen molar-refractivity contribution in [3.8, 4) is 29.7 Å². The number of hydrogen-bond donors (Lipinski definition) is 1. The van der Waals surface area contributed by atoms with Crippen molar-refractivity contribution in [1.82, 2.24) is 0 Å². The van der Waals surface area contributed by atoms with Crippen LogP contribution in [0.3, 0.4) is 0 Å². The minimum absolute atomic E-state index is 0.338. The molecule has 8 nitrogen and oxygen atoms in total. The van der Waals surface area contributed by atoms with Gasteiger partial charge in [-0.25, -0.2) is 0 Å². The topological polar surface area (TPSA) is 132 Å². The first-order valence-corrected chi connectivity index (χ1v) is 11.3. The Hall–Kier alpha value is -3.58. The van der Waals surface area contributed by atoms with Crippen LogP contribution in [0.5, 0.6) is 11.5 Å². The van der Waals surface area contributed by atoms with Gasteiger partial charge in [0.15, 0.2) is 5.41 Å². The number of nitriles is 3. The zero-order chi connectivity index (χ0) is 24.7. The van der Waals surface area contributed by atoms with Crippen LogP contribution in [0.15, 0.2) is 46.9 Å². The van der Waals surface area contributed by atoms with Gasteiger partial charge in [-0.05, 0) is 31.2 Å². The predicted molar refractivity (Wildman–Crippen MR) is 124 cm³/mol. The summed E-state index contributed by atoms with van der Waals surface area (Å²) in [5.41, 5.74) is -3.23. The number of nitrogens with one attached hydrogen (secondary N) is 1. The minimum atomic E-state index is -2.15. The Morgan fingerprint density at radius 3 is 2.38 bits per heavy atom. The van der Waals surface area contributed by atoms with Crippen LogP contribution in [0.4, 0.5) is 0 Å². The molecule has 2 fully saturated rings. The van der Waals surface area contributed by atoms with Crippen molar-refractivity contribution >= 4 is 21.8 Å². The van der Waals surface area contributed by atoms with Crippen LogP contribution in [0.25, 0.3) is 0 Å². The minimum Gasteiger partial charge on any atom is -0.496 e. The number of rotatable bonds is 5. The maximum absolute atomic E-state index is 10.6. The van der Waals surface area contributed by atoms with E-state index in [0.29, 0.717) is 33.7 Å². The number of ether oxygens (including phenoxy) is 4. The molecule has 0 aliphatic carbocycles. The monoisotopic (exact) mass is 520 g/mol. The Morgan fingerprint density at radius 1 is 1.06 bits per heavy atom. The van der Waals surface area contributed by atoms with Crippen molar-refractivity contribution in [2.24, 2.45) is 10.8 Å². The molecule has 2 heterocycles. The summed E-state index contributed by atoms with van der Waals surface area (Å²) in [6, 6.07) is 18.4. The molecule has 172 valence electrons. The second kappa shape index (κ2) is 8.33. The molecule has 0 aromatic heterocycles. The molecule has 2 aliphatic rings. The van der Waals surface area contributed by atoms with Crippen molar-refractivity contribution in [2.45, 2.75) is 31.7 Å². The number of halogens is 1. The predicted octanol–water partition coefficient (Wildman–Crippen LogP) is 4.98. The summed E-state index contributed by atoms with van der Waals surface area (Å²) in [6.07, 6.45) is -1.25. The lowest BCUT2D eigenvalue weighted by molar-refractivity contribution is -0.254. The SMILES string of the molecule is CCOc1ccc(Br)cc1C1OC2(C)OC(=N)C(C#N)(C2c2ccccc2OC)C1(C#N)C#N. The molecular weight excluding hydrogens is 500 g/mol. The summed E-state index contributed by atoms with van der Waals surface area (Å²) in [4.78, 5) is 0. The molecule has 4 rings (SSSR count). The van der Waals surface area contributed by atoms with Gasteiger partial charge in [0, 0.05) is 22.5 Å². The summed E-state index contributed by atoms with van der Waals surface area (Å²) in [5, 5.41) is 40.4. The molecule has 0 saturated carbocycles. The maximum atomic E-state index is 10.6. The van der Waals surface area contributed by atoms with Crippen molar-refractivity contribution in [2.75, 3.05) is 13.7 Å². The van der Waals surface area contributed by atoms with E-state index in [0.717, 1.165) is 0 Å². The average Bonchev–Trinajstić information content (AvgIpc) is 3.02. The molecule has 4 atom stereocenters. The van der Waals surface area contributed by atoms with Crippen molar-refractivity contribution in [3.05, 3.63) is 58.1 Å². The third kappa shape index (κ3) is 2.93. The van der Waals surface area contributed by atoms with Crippen LogP contribution in [-0.4, -0.2) is 25.4 Å². The molecule has 2 aromatic carbocycles. The van der Waals surface area contributed by atoms with Crippen LogP contribution in [-0.2, 0) is 9.47 Å². The zero-order valence-corrected chi connectivity index (χ0v) is 20.3. The fourth-order valence-electron chi connectivity index (χ4n) is 5.15. The Kier molecular flexibility index (Phi) is 5.77. The molecule has 2 aromatic rings. The van der Waals surface area contributed by atoms with E-state index in [4.69, 9.17) is 24.4 Å². The number of nitrogens with zero attached hydrogens (tertiary/aromatic N) is 3. The highest BCUT2D eigenvalue weighted by Gasteiger charge is 2.80. The lowest BCUT2D eigenvalue weighted by Gasteiger charge is -2.49. The van der Waals surface area contributed by atoms with E-state index < -0.39 is 34.5 Å². The first-order valence-electron chi connectivity index (χ1n) is 10.5. The van der Waals surface area contributed by atoms with Crippen LogP contribution in [0.1, 0.15) is 37.0 Å². The van der Waals surface area contributed by atoms with Crippen molar-refractivity contribution < 1.29 is 18.9 Å². The summed E-state index contributed by atoms with van der Waals surface area (Å²) >= 11 is 3.43. The number of fused-ring (bicyclic) bond motifs is 2. The molecule has 0 spiro atoms. The first-order chi connectivity index (χ1) is 16.3. The number of methoxy groups -OCH3 is 1. The van der Waals surface area contributed by atoms with Crippen molar-refractivity contribution in [3.63, 3.8) is 0 Å². The molecule has 2 saturated heterocycles. The normalized spacial score (nSPS) is 28.7. The third-order valence-electron chi connectivity index (χ3n) is 6.52. The summed E-state index contributed by atoms with van der Waals surface area (Å²) < 4.78 is 24.3. The standard InChI is InChI=1S/C25H21BrN4O4/c1-4-32-19-10-9-15(26)11-17(19)21-24(12-27,13-28)25(14-29)20(23(2,33-21)34-22(25)30)16-7-5-6-8-18(16)31-3/h5-11,20-21,30H,4H2,1-3H3. The summed E-state index contributed by atoms with van der Waals surface area (Å²) in [7, 11) is 1.48. The number of para-hydroxylation sites is 1. The fraction of sp³-hybridized carbons (Fsp3) is 0.360. The number of hydrogen-bond acceptors (Lipinski definition) is 8. The van der Waals surface area contributed by atoms with Gasteiger partial charge in [-0.1, -0.05) is 34.1 Å². The van der Waals surface area contributed by atoms with Gasteiger partial charge in [-0.15, -0.1) is 0 Å². The summed E-state index contributed by atoms with van der Waals surface area (Å²) in [5.74, 6) is -2.20. The van der Waals surface area contributed by atoms with E-state index in [1.165, 1.54) is 7.11 Å². The van der Waals surface area contributed by atoms with Gasteiger partial charge in [0.25, 0.3) is 0 Å². The zero-order valence-electron chi connectivity index (χ0n) is 18.8. The van der Waals surface area contributed by atoms with E-state index in [2.05, 4.69) is 34.1 Å². The van der Waals surface area contributed by atoms with Gasteiger partial charge in [0.2, 0.25) is 17.1 Å². The number of benzene rings is 2.